The van der Waals surface area contributed by atoms with Gasteiger partial charge in [0.1, 0.15) is 0 Å². The van der Waals surface area contributed by atoms with Crippen LogP contribution in [0, 0.1) is 6.92 Å². The first-order valence-corrected chi connectivity index (χ1v) is 7.17. The minimum atomic E-state index is 0.627. The Morgan fingerprint density at radius 1 is 1.33 bits per heavy atom. The van der Waals surface area contributed by atoms with Gasteiger partial charge in [0.05, 0.1) is 12.3 Å². The maximum atomic E-state index is 5.96. The number of allylic oxidation sites excluding steroid dienone is 6. The summed E-state index contributed by atoms with van der Waals surface area (Å²) >= 11 is 0. The number of aryl methyl sites for hydroxylation is 1. The van der Waals surface area contributed by atoms with Crippen molar-refractivity contribution < 1.29 is 0 Å². The molecule has 0 bridgehead atoms. The number of aliphatic imine (C=N–C) groups is 1. The van der Waals surface area contributed by atoms with E-state index < -0.39 is 0 Å². The third kappa shape index (κ3) is 4.06. The molecule has 0 amide bonds. The van der Waals surface area contributed by atoms with E-state index in [-0.39, 0.29) is 0 Å². The van der Waals surface area contributed by atoms with Crippen LogP contribution in [0.15, 0.2) is 71.3 Å². The molecule has 1 aromatic rings. The van der Waals surface area contributed by atoms with Gasteiger partial charge in [0.2, 0.25) is 0 Å². The summed E-state index contributed by atoms with van der Waals surface area (Å²) in [6, 6.07) is 5.97. The van der Waals surface area contributed by atoms with Gasteiger partial charge in [0, 0.05) is 11.3 Å². The standard InChI is InChI=1S/C19H22N2/c1-14(2)13-21-19(16-8-6-4-5-7-9-16)18-12-17(20)11-10-15(18)3/h4-6,8-12H,1,7,13,20H2,2-3H3. The summed E-state index contributed by atoms with van der Waals surface area (Å²) in [5, 5.41) is 0. The maximum Gasteiger partial charge on any atom is 0.0723 e. The number of nitrogens with zero attached hydrogens (tertiary/aromatic N) is 1. The summed E-state index contributed by atoms with van der Waals surface area (Å²) in [4.78, 5) is 4.77. The molecule has 2 rings (SSSR count). The zero-order valence-corrected chi connectivity index (χ0v) is 12.8. The molecule has 0 aromatic heterocycles. The van der Waals surface area contributed by atoms with Gasteiger partial charge in [-0.15, -0.1) is 0 Å². The fourth-order valence-electron chi connectivity index (χ4n) is 2.20. The van der Waals surface area contributed by atoms with Crippen molar-refractivity contribution >= 4 is 11.4 Å². The molecule has 0 unspecified atom stereocenters. The Morgan fingerprint density at radius 2 is 2.14 bits per heavy atom. The molecule has 0 saturated carbocycles. The Bertz CT molecular complexity index is 658. The fourth-order valence-corrected chi connectivity index (χ4v) is 2.20. The number of rotatable bonds is 4. The fraction of sp³-hybridized carbons (Fsp3) is 0.211. The van der Waals surface area contributed by atoms with Gasteiger partial charge >= 0.3 is 0 Å². The van der Waals surface area contributed by atoms with E-state index in [4.69, 9.17) is 10.7 Å². The lowest BCUT2D eigenvalue weighted by atomic mass is 9.96. The molecule has 0 fully saturated rings. The van der Waals surface area contributed by atoms with Crippen LogP contribution >= 0.6 is 0 Å². The monoisotopic (exact) mass is 278 g/mol. The van der Waals surface area contributed by atoms with Gasteiger partial charge in [-0.05, 0) is 43.5 Å². The largest absolute Gasteiger partial charge is 0.399 e. The van der Waals surface area contributed by atoms with Crippen molar-refractivity contribution in [2.24, 2.45) is 4.99 Å². The quantitative estimate of drug-likeness (QED) is 0.495. The zero-order chi connectivity index (χ0) is 15.2. The summed E-state index contributed by atoms with van der Waals surface area (Å²) in [5.74, 6) is 0. The van der Waals surface area contributed by atoms with Crippen LogP contribution in [0.1, 0.15) is 24.5 Å². The Balaban J connectivity index is 2.50. The molecule has 21 heavy (non-hydrogen) atoms. The minimum absolute atomic E-state index is 0.627. The molecular formula is C19H22N2. The second-order valence-electron chi connectivity index (χ2n) is 5.38. The molecular weight excluding hydrogens is 256 g/mol. The summed E-state index contributed by atoms with van der Waals surface area (Å²) in [5.41, 5.74) is 12.2. The molecule has 0 aliphatic heterocycles. The lowest BCUT2D eigenvalue weighted by Crippen LogP contribution is -2.08. The van der Waals surface area contributed by atoms with E-state index in [0.29, 0.717) is 6.54 Å². The summed E-state index contributed by atoms with van der Waals surface area (Å²) in [7, 11) is 0. The average molecular weight is 278 g/mol. The van der Waals surface area contributed by atoms with Crippen LogP contribution in [0.5, 0.6) is 0 Å². The molecule has 0 radical (unpaired) electrons. The van der Waals surface area contributed by atoms with E-state index in [2.05, 4.69) is 43.9 Å². The highest BCUT2D eigenvalue weighted by molar-refractivity contribution is 6.15. The van der Waals surface area contributed by atoms with Gasteiger partial charge in [-0.25, -0.2) is 0 Å². The SMILES string of the molecule is C=C(C)CN=C(C1=CCC=CC=C1)c1cc(N)ccc1C. The van der Waals surface area contributed by atoms with Crippen LogP contribution in [0.2, 0.25) is 0 Å². The summed E-state index contributed by atoms with van der Waals surface area (Å²) < 4.78 is 0. The maximum absolute atomic E-state index is 5.96. The van der Waals surface area contributed by atoms with E-state index >= 15 is 0 Å². The molecule has 2 heteroatoms. The van der Waals surface area contributed by atoms with Crippen LogP contribution in [-0.4, -0.2) is 12.3 Å². The predicted molar refractivity (Wildman–Crippen MR) is 92.8 cm³/mol. The zero-order valence-electron chi connectivity index (χ0n) is 12.8. The first kappa shape index (κ1) is 15.0. The number of hydrogen-bond donors (Lipinski definition) is 1. The molecule has 1 aliphatic rings. The molecule has 1 aliphatic carbocycles. The molecule has 0 spiro atoms. The lowest BCUT2D eigenvalue weighted by Gasteiger charge is -2.12. The Morgan fingerprint density at radius 3 is 2.90 bits per heavy atom. The topological polar surface area (TPSA) is 38.4 Å². The Labute approximate surface area is 127 Å². The van der Waals surface area contributed by atoms with Gasteiger partial charge in [-0.2, -0.15) is 0 Å². The highest BCUT2D eigenvalue weighted by Gasteiger charge is 2.11. The molecule has 2 N–H and O–H groups in total. The van der Waals surface area contributed by atoms with E-state index in [1.807, 2.05) is 25.1 Å². The van der Waals surface area contributed by atoms with Gasteiger partial charge in [-0.3, -0.25) is 4.99 Å². The molecule has 1 aromatic carbocycles. The van der Waals surface area contributed by atoms with E-state index in [1.165, 1.54) is 5.56 Å². The van der Waals surface area contributed by atoms with Crippen LogP contribution in [0.4, 0.5) is 5.69 Å². The number of hydrogen-bond acceptors (Lipinski definition) is 2. The van der Waals surface area contributed by atoms with Crippen LogP contribution in [0.25, 0.3) is 0 Å². The van der Waals surface area contributed by atoms with Crippen molar-refractivity contribution in [3.63, 3.8) is 0 Å². The van der Waals surface area contributed by atoms with Crippen molar-refractivity contribution in [2.45, 2.75) is 20.3 Å². The first-order chi connectivity index (χ1) is 10.1. The van der Waals surface area contributed by atoms with Crippen molar-refractivity contribution in [1.82, 2.24) is 0 Å². The van der Waals surface area contributed by atoms with E-state index in [0.717, 1.165) is 34.5 Å². The first-order valence-electron chi connectivity index (χ1n) is 7.17. The second kappa shape index (κ2) is 6.89. The van der Waals surface area contributed by atoms with Crippen LogP contribution in [-0.2, 0) is 0 Å². The second-order valence-corrected chi connectivity index (χ2v) is 5.38. The van der Waals surface area contributed by atoms with E-state index in [1.54, 1.807) is 0 Å². The van der Waals surface area contributed by atoms with Crippen LogP contribution in [0.3, 0.4) is 0 Å². The van der Waals surface area contributed by atoms with Crippen LogP contribution < -0.4 is 5.73 Å². The highest BCUT2D eigenvalue weighted by Crippen LogP contribution is 2.20. The number of nitrogen functional groups attached to an aromatic ring is 1. The molecule has 0 heterocycles. The van der Waals surface area contributed by atoms with Crippen molar-refractivity contribution in [1.29, 1.82) is 0 Å². The van der Waals surface area contributed by atoms with E-state index in [9.17, 15) is 0 Å². The van der Waals surface area contributed by atoms with Gasteiger partial charge in [0.15, 0.2) is 0 Å². The molecule has 108 valence electrons. The lowest BCUT2D eigenvalue weighted by molar-refractivity contribution is 1.14. The molecule has 2 nitrogen and oxygen atoms in total. The summed E-state index contributed by atoms with van der Waals surface area (Å²) in [6.07, 6.45) is 11.5. The Kier molecular flexibility index (Phi) is 4.94. The Hall–Kier alpha value is -2.35. The predicted octanol–water partition coefficient (Wildman–Crippen LogP) is 4.38. The van der Waals surface area contributed by atoms with Crippen molar-refractivity contribution in [2.75, 3.05) is 12.3 Å². The molecule has 0 atom stereocenters. The highest BCUT2D eigenvalue weighted by atomic mass is 14.7. The third-order valence-corrected chi connectivity index (χ3v) is 3.29. The normalized spacial score (nSPS) is 14.8. The molecule has 0 saturated heterocycles. The third-order valence-electron chi connectivity index (χ3n) is 3.29. The smallest absolute Gasteiger partial charge is 0.0723 e. The number of benzene rings is 1. The summed E-state index contributed by atoms with van der Waals surface area (Å²) in [6.45, 7) is 8.65. The van der Waals surface area contributed by atoms with Gasteiger partial charge in [0.25, 0.3) is 0 Å². The van der Waals surface area contributed by atoms with Crippen molar-refractivity contribution in [3.05, 3.63) is 77.4 Å². The van der Waals surface area contributed by atoms with Gasteiger partial charge < -0.3 is 5.73 Å². The minimum Gasteiger partial charge on any atom is -0.399 e. The van der Waals surface area contributed by atoms with Gasteiger partial charge in [-0.1, -0.05) is 48.6 Å². The van der Waals surface area contributed by atoms with Crippen molar-refractivity contribution in [3.8, 4) is 0 Å². The average Bonchev–Trinajstić information content (AvgIpc) is 2.71. The number of anilines is 1. The number of nitrogens with two attached hydrogens (primary N) is 1.